The van der Waals surface area contributed by atoms with E-state index in [1.807, 2.05) is 19.1 Å². The first-order valence-corrected chi connectivity index (χ1v) is 5.94. The molecule has 5 nitrogen and oxygen atoms in total. The van der Waals surface area contributed by atoms with Crippen LogP contribution in [0, 0.1) is 5.92 Å². The van der Waals surface area contributed by atoms with E-state index in [-0.39, 0.29) is 24.0 Å². The SMILES string of the molecule is COc1ccc(N2C(=O)[C@@H]3[C@H]2[C@@H](O)O[C@H]3C)cc1. The fourth-order valence-electron chi connectivity index (χ4n) is 2.74. The fourth-order valence-corrected chi connectivity index (χ4v) is 2.74. The van der Waals surface area contributed by atoms with Crippen molar-refractivity contribution in [3.05, 3.63) is 24.3 Å². The number of rotatable bonds is 2. The summed E-state index contributed by atoms with van der Waals surface area (Å²) in [7, 11) is 1.59. The van der Waals surface area contributed by atoms with Crippen molar-refractivity contribution in [1.29, 1.82) is 0 Å². The van der Waals surface area contributed by atoms with Crippen molar-refractivity contribution < 1.29 is 19.4 Å². The van der Waals surface area contributed by atoms with E-state index >= 15 is 0 Å². The van der Waals surface area contributed by atoms with Crippen LogP contribution in [-0.4, -0.2) is 36.6 Å². The molecule has 1 amide bonds. The normalized spacial score (nSPS) is 34.2. The lowest BCUT2D eigenvalue weighted by atomic mass is 9.85. The van der Waals surface area contributed by atoms with Crippen molar-refractivity contribution in [2.75, 3.05) is 12.0 Å². The van der Waals surface area contributed by atoms with Gasteiger partial charge in [-0.1, -0.05) is 0 Å². The predicted octanol–water partition coefficient (Wildman–Crippen LogP) is 0.764. The molecule has 0 unspecified atom stereocenters. The van der Waals surface area contributed by atoms with Crippen LogP contribution in [0.15, 0.2) is 24.3 Å². The maximum absolute atomic E-state index is 12.1. The highest BCUT2D eigenvalue weighted by molar-refractivity contribution is 6.03. The van der Waals surface area contributed by atoms with Crippen molar-refractivity contribution in [2.45, 2.75) is 25.4 Å². The number of ether oxygens (including phenoxy) is 2. The zero-order valence-corrected chi connectivity index (χ0v) is 10.2. The Morgan fingerprint density at radius 1 is 1.33 bits per heavy atom. The number of hydrogen-bond donors (Lipinski definition) is 1. The average molecular weight is 249 g/mol. The topological polar surface area (TPSA) is 59.0 Å². The summed E-state index contributed by atoms with van der Waals surface area (Å²) in [5.74, 6) is 0.524. The van der Waals surface area contributed by atoms with Crippen LogP contribution in [0.25, 0.3) is 0 Å². The highest BCUT2D eigenvalue weighted by Gasteiger charge is 2.59. The molecule has 2 fully saturated rings. The van der Waals surface area contributed by atoms with Gasteiger partial charge in [0.05, 0.1) is 19.1 Å². The van der Waals surface area contributed by atoms with Crippen molar-refractivity contribution in [2.24, 2.45) is 5.92 Å². The second-order valence-electron chi connectivity index (χ2n) is 4.65. The summed E-state index contributed by atoms with van der Waals surface area (Å²) >= 11 is 0. The minimum Gasteiger partial charge on any atom is -0.497 e. The van der Waals surface area contributed by atoms with Crippen LogP contribution in [0.4, 0.5) is 5.69 Å². The van der Waals surface area contributed by atoms with E-state index < -0.39 is 6.29 Å². The number of fused-ring (bicyclic) bond motifs is 1. The van der Waals surface area contributed by atoms with Gasteiger partial charge in [0, 0.05) is 5.69 Å². The number of anilines is 1. The van der Waals surface area contributed by atoms with Gasteiger partial charge in [-0.15, -0.1) is 0 Å². The molecule has 0 aromatic heterocycles. The Morgan fingerprint density at radius 3 is 2.61 bits per heavy atom. The van der Waals surface area contributed by atoms with Crippen LogP contribution in [-0.2, 0) is 9.53 Å². The molecule has 1 aromatic rings. The van der Waals surface area contributed by atoms with Crippen LogP contribution in [0.1, 0.15) is 6.92 Å². The number of carbonyl (C=O) groups excluding carboxylic acids is 1. The fraction of sp³-hybridized carbons (Fsp3) is 0.462. The molecule has 0 bridgehead atoms. The van der Waals surface area contributed by atoms with Gasteiger partial charge in [0.25, 0.3) is 0 Å². The van der Waals surface area contributed by atoms with Gasteiger partial charge in [0.1, 0.15) is 11.8 Å². The molecule has 0 spiro atoms. The summed E-state index contributed by atoms with van der Waals surface area (Å²) in [6, 6.07) is 6.94. The molecule has 5 heteroatoms. The number of β-lactam (4-membered cyclic amide) rings is 1. The number of hydrogen-bond acceptors (Lipinski definition) is 4. The molecular formula is C13H15NO4. The van der Waals surface area contributed by atoms with Gasteiger partial charge in [-0.25, -0.2) is 0 Å². The van der Waals surface area contributed by atoms with Crippen LogP contribution < -0.4 is 9.64 Å². The Hall–Kier alpha value is -1.59. The highest BCUT2D eigenvalue weighted by atomic mass is 16.6. The maximum atomic E-state index is 12.1. The van der Waals surface area contributed by atoms with Gasteiger partial charge in [0.15, 0.2) is 6.29 Å². The summed E-state index contributed by atoms with van der Waals surface area (Å²) in [4.78, 5) is 13.7. The van der Waals surface area contributed by atoms with Crippen molar-refractivity contribution in [1.82, 2.24) is 0 Å². The third-order valence-electron chi connectivity index (χ3n) is 3.69. The summed E-state index contributed by atoms with van der Waals surface area (Å²) in [6.45, 7) is 1.82. The Kier molecular flexibility index (Phi) is 2.53. The number of methoxy groups -OCH3 is 1. The van der Waals surface area contributed by atoms with Gasteiger partial charge in [-0.3, -0.25) is 4.79 Å². The monoisotopic (exact) mass is 249 g/mol. The van der Waals surface area contributed by atoms with Gasteiger partial charge in [-0.05, 0) is 31.2 Å². The molecule has 0 aliphatic carbocycles. The van der Waals surface area contributed by atoms with Crippen molar-refractivity contribution >= 4 is 11.6 Å². The summed E-state index contributed by atoms with van der Waals surface area (Å²) in [5, 5.41) is 9.80. The number of aliphatic hydroxyl groups excluding tert-OH is 1. The van der Waals surface area contributed by atoms with E-state index in [1.54, 1.807) is 24.1 Å². The van der Waals surface area contributed by atoms with Gasteiger partial charge >= 0.3 is 0 Å². The molecular weight excluding hydrogens is 234 g/mol. The molecule has 3 rings (SSSR count). The van der Waals surface area contributed by atoms with E-state index in [2.05, 4.69) is 0 Å². The minimum absolute atomic E-state index is 0.00853. The number of carbonyl (C=O) groups is 1. The summed E-state index contributed by atoms with van der Waals surface area (Å²) in [5.41, 5.74) is 0.763. The van der Waals surface area contributed by atoms with Crippen LogP contribution in [0.3, 0.4) is 0 Å². The first-order chi connectivity index (χ1) is 8.63. The Balaban J connectivity index is 1.87. The Bertz CT molecular complexity index is 472. The number of benzene rings is 1. The maximum Gasteiger partial charge on any atom is 0.235 e. The standard InChI is InChI=1S/C13H15NO4/c1-7-10-11(13(16)18-7)14(12(10)15)8-3-5-9(17-2)6-4-8/h3-7,10-11,13,16H,1-2H3/t7-,10-,11-,13-/m0/s1. The van der Waals surface area contributed by atoms with Crippen LogP contribution in [0.5, 0.6) is 5.75 Å². The van der Waals surface area contributed by atoms with Crippen molar-refractivity contribution in [3.63, 3.8) is 0 Å². The molecule has 4 atom stereocenters. The second-order valence-corrected chi connectivity index (χ2v) is 4.65. The molecule has 0 saturated carbocycles. The number of nitrogens with zero attached hydrogens (tertiary/aromatic N) is 1. The first kappa shape index (κ1) is 11.5. The molecule has 0 radical (unpaired) electrons. The lowest BCUT2D eigenvalue weighted by Crippen LogP contribution is -2.64. The zero-order chi connectivity index (χ0) is 12.9. The molecule has 2 aliphatic rings. The number of amides is 1. The number of aliphatic hydroxyl groups is 1. The lowest BCUT2D eigenvalue weighted by molar-refractivity contribution is -0.131. The first-order valence-electron chi connectivity index (χ1n) is 5.94. The minimum atomic E-state index is -0.898. The quantitative estimate of drug-likeness (QED) is 0.786. The van der Waals surface area contributed by atoms with Crippen LogP contribution in [0.2, 0.25) is 0 Å². The van der Waals surface area contributed by atoms with E-state index in [0.717, 1.165) is 11.4 Å². The molecule has 2 aliphatic heterocycles. The summed E-state index contributed by atoms with van der Waals surface area (Å²) in [6.07, 6.45) is -1.11. The molecule has 1 N–H and O–H groups in total. The third-order valence-corrected chi connectivity index (χ3v) is 3.69. The van der Waals surface area contributed by atoms with Gasteiger partial charge in [0.2, 0.25) is 5.91 Å². The molecule has 96 valence electrons. The Labute approximate surface area is 105 Å². The van der Waals surface area contributed by atoms with Gasteiger partial charge in [-0.2, -0.15) is 0 Å². The highest BCUT2D eigenvalue weighted by Crippen LogP contribution is 2.42. The van der Waals surface area contributed by atoms with Gasteiger partial charge < -0.3 is 19.5 Å². The predicted molar refractivity (Wildman–Crippen MR) is 64.3 cm³/mol. The van der Waals surface area contributed by atoms with Crippen LogP contribution >= 0.6 is 0 Å². The third kappa shape index (κ3) is 1.44. The molecule has 2 saturated heterocycles. The molecule has 18 heavy (non-hydrogen) atoms. The largest absolute Gasteiger partial charge is 0.497 e. The lowest BCUT2D eigenvalue weighted by Gasteiger charge is -2.44. The Morgan fingerprint density at radius 2 is 2.00 bits per heavy atom. The smallest absolute Gasteiger partial charge is 0.235 e. The zero-order valence-electron chi connectivity index (χ0n) is 10.2. The van der Waals surface area contributed by atoms with E-state index in [0.29, 0.717) is 0 Å². The molecule has 2 heterocycles. The van der Waals surface area contributed by atoms with E-state index in [4.69, 9.17) is 9.47 Å². The van der Waals surface area contributed by atoms with E-state index in [1.165, 1.54) is 0 Å². The second kappa shape index (κ2) is 3.96. The van der Waals surface area contributed by atoms with E-state index in [9.17, 15) is 9.90 Å². The van der Waals surface area contributed by atoms with Crippen molar-refractivity contribution in [3.8, 4) is 5.75 Å². The molecule has 1 aromatic carbocycles. The summed E-state index contributed by atoms with van der Waals surface area (Å²) < 4.78 is 10.4. The average Bonchev–Trinajstić information content (AvgIpc) is 2.61.